The van der Waals surface area contributed by atoms with Crippen LogP contribution in [0.25, 0.3) is 11.3 Å². The first kappa shape index (κ1) is 15.6. The van der Waals surface area contributed by atoms with E-state index < -0.39 is 12.3 Å². The molecule has 1 aromatic carbocycles. The van der Waals surface area contributed by atoms with Gasteiger partial charge in [0.1, 0.15) is 11.3 Å². The molecule has 0 unspecified atom stereocenters. The number of nitrogens with zero attached hydrogens (tertiary/aromatic N) is 1. The molecule has 0 saturated heterocycles. The van der Waals surface area contributed by atoms with Crippen LogP contribution in [0.3, 0.4) is 0 Å². The highest BCUT2D eigenvalue weighted by Gasteiger charge is 2.31. The van der Waals surface area contributed by atoms with Crippen molar-refractivity contribution in [3.05, 3.63) is 42.0 Å². The summed E-state index contributed by atoms with van der Waals surface area (Å²) < 4.78 is 44.9. The number of hydrogen-bond donors (Lipinski definition) is 1. The van der Waals surface area contributed by atoms with Crippen molar-refractivity contribution in [1.82, 2.24) is 4.98 Å². The normalized spacial score (nSPS) is 11.1. The third-order valence-corrected chi connectivity index (χ3v) is 2.67. The van der Waals surface area contributed by atoms with Crippen LogP contribution in [0.5, 0.6) is 11.6 Å². The molecule has 5 nitrogen and oxygen atoms in total. The number of halogens is 3. The van der Waals surface area contributed by atoms with Gasteiger partial charge in [0.25, 0.3) is 0 Å². The molecule has 0 aliphatic heterocycles. The van der Waals surface area contributed by atoms with Gasteiger partial charge >= 0.3 is 12.3 Å². The molecule has 1 heterocycles. The van der Waals surface area contributed by atoms with Gasteiger partial charge in [-0.2, -0.15) is 0 Å². The van der Waals surface area contributed by atoms with Gasteiger partial charge in [-0.15, -0.1) is 13.2 Å². The maximum absolute atomic E-state index is 12.1. The van der Waals surface area contributed by atoms with E-state index in [2.05, 4.69) is 9.72 Å². The zero-order chi connectivity index (χ0) is 16.3. The Labute approximate surface area is 122 Å². The van der Waals surface area contributed by atoms with Crippen molar-refractivity contribution in [1.29, 1.82) is 0 Å². The number of carboxylic acid groups (broad SMARTS) is 1. The minimum absolute atomic E-state index is 0.0828. The first-order valence-corrected chi connectivity index (χ1v) is 5.94. The Balaban J connectivity index is 2.30. The fraction of sp³-hybridized carbons (Fsp3) is 0.143. The predicted octanol–water partition coefficient (Wildman–Crippen LogP) is 3.35. The molecule has 1 aromatic heterocycles. The zero-order valence-electron chi connectivity index (χ0n) is 11.2. The van der Waals surface area contributed by atoms with Crippen LogP contribution in [0.4, 0.5) is 13.2 Å². The van der Waals surface area contributed by atoms with E-state index in [-0.39, 0.29) is 17.2 Å². The summed E-state index contributed by atoms with van der Waals surface area (Å²) in [4.78, 5) is 15.0. The molecule has 0 aliphatic rings. The molecule has 2 aromatic rings. The molecule has 0 fully saturated rings. The number of alkyl halides is 3. The van der Waals surface area contributed by atoms with Gasteiger partial charge in [-0.3, -0.25) is 0 Å². The number of pyridine rings is 1. The van der Waals surface area contributed by atoms with Crippen molar-refractivity contribution >= 4 is 5.97 Å². The monoisotopic (exact) mass is 313 g/mol. The third-order valence-electron chi connectivity index (χ3n) is 2.67. The van der Waals surface area contributed by atoms with Crippen molar-refractivity contribution in [3.8, 4) is 22.9 Å². The van der Waals surface area contributed by atoms with Crippen LogP contribution in [-0.4, -0.2) is 29.5 Å². The quantitative estimate of drug-likeness (QED) is 0.937. The Bertz CT molecular complexity index is 683. The molecule has 116 valence electrons. The van der Waals surface area contributed by atoms with Crippen molar-refractivity contribution in [2.24, 2.45) is 0 Å². The molecule has 0 amide bonds. The van der Waals surface area contributed by atoms with Crippen LogP contribution in [0.1, 0.15) is 10.4 Å². The number of carbonyl (C=O) groups is 1. The van der Waals surface area contributed by atoms with Crippen LogP contribution in [0, 0.1) is 0 Å². The number of aromatic carboxylic acids is 1. The lowest BCUT2D eigenvalue weighted by Gasteiger charge is -2.10. The van der Waals surface area contributed by atoms with Crippen molar-refractivity contribution in [2.45, 2.75) is 6.36 Å². The Morgan fingerprint density at radius 1 is 1.14 bits per heavy atom. The molecule has 0 saturated carbocycles. The number of ether oxygens (including phenoxy) is 2. The summed E-state index contributed by atoms with van der Waals surface area (Å²) in [6, 6.07) is 7.78. The molecule has 2 rings (SSSR count). The fourth-order valence-electron chi connectivity index (χ4n) is 1.75. The Kier molecular flexibility index (Phi) is 4.20. The van der Waals surface area contributed by atoms with E-state index in [4.69, 9.17) is 9.84 Å². The molecular formula is C14H10F3NO4. The third kappa shape index (κ3) is 3.66. The Morgan fingerprint density at radius 3 is 2.27 bits per heavy atom. The number of methoxy groups -OCH3 is 1. The fourth-order valence-corrected chi connectivity index (χ4v) is 1.75. The SMILES string of the molecule is COc1nc(-c2ccc(OC(F)(F)F)cc2)ccc1C(=O)O. The topological polar surface area (TPSA) is 68.7 Å². The molecule has 0 spiro atoms. The summed E-state index contributed by atoms with van der Waals surface area (Å²) in [5.74, 6) is -1.63. The average Bonchev–Trinajstić information content (AvgIpc) is 2.45. The van der Waals surface area contributed by atoms with Crippen LogP contribution in [0.2, 0.25) is 0 Å². The summed E-state index contributed by atoms with van der Waals surface area (Å²) >= 11 is 0. The number of benzene rings is 1. The summed E-state index contributed by atoms with van der Waals surface area (Å²) in [5.41, 5.74) is 0.744. The predicted molar refractivity (Wildman–Crippen MR) is 69.9 cm³/mol. The molecule has 0 atom stereocenters. The molecular weight excluding hydrogens is 303 g/mol. The molecule has 0 bridgehead atoms. The van der Waals surface area contributed by atoms with Crippen LogP contribution in [-0.2, 0) is 0 Å². The van der Waals surface area contributed by atoms with E-state index >= 15 is 0 Å². The standard InChI is InChI=1S/C14H10F3NO4/c1-21-12-10(13(19)20)6-7-11(18-12)8-2-4-9(5-3-8)22-14(15,16)17/h2-7H,1H3,(H,19,20). The summed E-state index contributed by atoms with van der Waals surface area (Å²) in [6.07, 6.45) is -4.76. The smallest absolute Gasteiger partial charge is 0.480 e. The summed E-state index contributed by atoms with van der Waals surface area (Å²) in [6.45, 7) is 0. The second kappa shape index (κ2) is 5.92. The second-order valence-corrected chi connectivity index (χ2v) is 4.13. The zero-order valence-corrected chi connectivity index (χ0v) is 11.2. The Morgan fingerprint density at radius 2 is 1.77 bits per heavy atom. The van der Waals surface area contributed by atoms with Gasteiger partial charge in [-0.1, -0.05) is 0 Å². The van der Waals surface area contributed by atoms with Crippen LogP contribution >= 0.6 is 0 Å². The van der Waals surface area contributed by atoms with Gasteiger partial charge in [0, 0.05) is 5.56 Å². The lowest BCUT2D eigenvalue weighted by molar-refractivity contribution is -0.274. The minimum atomic E-state index is -4.76. The number of aromatic nitrogens is 1. The second-order valence-electron chi connectivity index (χ2n) is 4.13. The van der Waals surface area contributed by atoms with Gasteiger partial charge in [0.15, 0.2) is 0 Å². The van der Waals surface area contributed by atoms with E-state index in [0.29, 0.717) is 11.3 Å². The maximum Gasteiger partial charge on any atom is 0.573 e. The van der Waals surface area contributed by atoms with Crippen LogP contribution in [0.15, 0.2) is 36.4 Å². The summed E-state index contributed by atoms with van der Waals surface area (Å²) in [5, 5.41) is 8.96. The van der Waals surface area contributed by atoms with Gasteiger partial charge in [0.2, 0.25) is 5.88 Å². The minimum Gasteiger partial charge on any atom is -0.480 e. The Hall–Kier alpha value is -2.77. The molecule has 22 heavy (non-hydrogen) atoms. The lowest BCUT2D eigenvalue weighted by atomic mass is 10.1. The average molecular weight is 313 g/mol. The van der Waals surface area contributed by atoms with E-state index in [1.807, 2.05) is 0 Å². The van der Waals surface area contributed by atoms with E-state index in [0.717, 1.165) is 12.1 Å². The summed E-state index contributed by atoms with van der Waals surface area (Å²) in [7, 11) is 1.28. The van der Waals surface area contributed by atoms with E-state index in [9.17, 15) is 18.0 Å². The number of hydrogen-bond acceptors (Lipinski definition) is 4. The molecule has 0 radical (unpaired) electrons. The van der Waals surface area contributed by atoms with E-state index in [1.54, 1.807) is 0 Å². The molecule has 1 N–H and O–H groups in total. The highest BCUT2D eigenvalue weighted by Crippen LogP contribution is 2.27. The van der Waals surface area contributed by atoms with Gasteiger partial charge < -0.3 is 14.6 Å². The van der Waals surface area contributed by atoms with Crippen LogP contribution < -0.4 is 9.47 Å². The largest absolute Gasteiger partial charge is 0.573 e. The van der Waals surface area contributed by atoms with Crippen molar-refractivity contribution in [3.63, 3.8) is 0 Å². The first-order valence-electron chi connectivity index (χ1n) is 5.94. The highest BCUT2D eigenvalue weighted by atomic mass is 19.4. The van der Waals surface area contributed by atoms with Crippen molar-refractivity contribution < 1.29 is 32.5 Å². The highest BCUT2D eigenvalue weighted by molar-refractivity contribution is 5.90. The first-order chi connectivity index (χ1) is 10.3. The van der Waals surface area contributed by atoms with Gasteiger partial charge in [0.05, 0.1) is 12.8 Å². The lowest BCUT2D eigenvalue weighted by Crippen LogP contribution is -2.16. The van der Waals surface area contributed by atoms with Gasteiger partial charge in [-0.25, -0.2) is 9.78 Å². The number of carboxylic acids is 1. The van der Waals surface area contributed by atoms with E-state index in [1.165, 1.54) is 31.4 Å². The van der Waals surface area contributed by atoms with Gasteiger partial charge in [-0.05, 0) is 36.4 Å². The molecule has 0 aliphatic carbocycles. The number of rotatable bonds is 4. The maximum atomic E-state index is 12.1. The molecule has 8 heteroatoms. The van der Waals surface area contributed by atoms with Crippen molar-refractivity contribution in [2.75, 3.05) is 7.11 Å².